The van der Waals surface area contributed by atoms with Gasteiger partial charge in [0.25, 0.3) is 0 Å². The summed E-state index contributed by atoms with van der Waals surface area (Å²) >= 11 is 0. The number of urea groups is 1. The van der Waals surface area contributed by atoms with E-state index < -0.39 is 11.8 Å². The van der Waals surface area contributed by atoms with E-state index in [0.29, 0.717) is 11.3 Å². The van der Waals surface area contributed by atoms with Gasteiger partial charge in [0.05, 0.1) is 18.6 Å². The van der Waals surface area contributed by atoms with E-state index >= 15 is 0 Å². The predicted octanol–water partition coefficient (Wildman–Crippen LogP) is 2.20. The third-order valence-corrected chi connectivity index (χ3v) is 2.42. The first-order chi connectivity index (χ1) is 9.20. The van der Waals surface area contributed by atoms with Crippen LogP contribution in [0.3, 0.4) is 0 Å². The van der Waals surface area contributed by atoms with Crippen LogP contribution < -0.4 is 10.6 Å². The lowest BCUT2D eigenvalue weighted by molar-refractivity contribution is 0.244. The molecule has 0 saturated carbocycles. The summed E-state index contributed by atoms with van der Waals surface area (Å²) in [6.45, 7) is -0.0757. The summed E-state index contributed by atoms with van der Waals surface area (Å²) < 4.78 is 18.8. The average Bonchev–Trinajstić information content (AvgIpc) is 2.93. The number of furan rings is 1. The Morgan fingerprint density at radius 2 is 2.21 bits per heavy atom. The molecule has 0 aliphatic rings. The Kier molecular flexibility index (Phi) is 4.15. The molecule has 0 radical (unpaired) electrons. The molecule has 0 unspecified atom stereocenters. The molecular weight excluding hydrogens is 251 g/mol. The van der Waals surface area contributed by atoms with Crippen molar-refractivity contribution < 1.29 is 18.7 Å². The van der Waals surface area contributed by atoms with Crippen molar-refractivity contribution in [1.82, 2.24) is 5.32 Å². The minimum absolute atomic E-state index is 0.0457. The molecule has 0 saturated heterocycles. The second-order valence-corrected chi connectivity index (χ2v) is 3.78. The Morgan fingerprint density at radius 3 is 2.89 bits per heavy atom. The Hall–Kier alpha value is -2.34. The normalized spacial score (nSPS) is 10.2. The van der Waals surface area contributed by atoms with E-state index in [4.69, 9.17) is 9.52 Å². The number of aliphatic hydroxyl groups is 1. The molecule has 0 aliphatic heterocycles. The van der Waals surface area contributed by atoms with Crippen LogP contribution in [0.1, 0.15) is 0 Å². The minimum Gasteiger partial charge on any atom is -0.464 e. The molecule has 0 atom stereocenters. The summed E-state index contributed by atoms with van der Waals surface area (Å²) in [5, 5.41) is 13.3. The lowest BCUT2D eigenvalue weighted by Crippen LogP contribution is -2.31. The summed E-state index contributed by atoms with van der Waals surface area (Å²) in [4.78, 5) is 11.4. The Labute approximate surface area is 109 Å². The number of hydrogen-bond donors (Lipinski definition) is 3. The number of benzene rings is 1. The topological polar surface area (TPSA) is 74.5 Å². The number of aliphatic hydroxyl groups excluding tert-OH is 1. The third kappa shape index (κ3) is 3.32. The fraction of sp³-hybridized carbons (Fsp3) is 0.154. The summed E-state index contributed by atoms with van der Waals surface area (Å²) in [5.74, 6) is 0.0354. The van der Waals surface area contributed by atoms with Gasteiger partial charge in [-0.25, -0.2) is 9.18 Å². The first-order valence-corrected chi connectivity index (χ1v) is 5.70. The van der Waals surface area contributed by atoms with Crippen LogP contribution in [-0.2, 0) is 0 Å². The van der Waals surface area contributed by atoms with Gasteiger partial charge in [-0.05, 0) is 30.3 Å². The van der Waals surface area contributed by atoms with Gasteiger partial charge >= 0.3 is 6.03 Å². The molecule has 19 heavy (non-hydrogen) atoms. The largest absolute Gasteiger partial charge is 0.464 e. The Balaban J connectivity index is 2.16. The van der Waals surface area contributed by atoms with Crippen LogP contribution in [0.25, 0.3) is 11.3 Å². The molecule has 0 aliphatic carbocycles. The third-order valence-electron chi connectivity index (χ3n) is 2.42. The second-order valence-electron chi connectivity index (χ2n) is 3.78. The van der Waals surface area contributed by atoms with E-state index in [-0.39, 0.29) is 18.8 Å². The van der Waals surface area contributed by atoms with Crippen molar-refractivity contribution in [3.05, 3.63) is 42.4 Å². The van der Waals surface area contributed by atoms with Gasteiger partial charge in [-0.15, -0.1) is 0 Å². The molecule has 0 fully saturated rings. The summed E-state index contributed by atoms with van der Waals surface area (Å²) in [6.07, 6.45) is 1.51. The van der Waals surface area contributed by atoms with Gasteiger partial charge < -0.3 is 20.2 Å². The Morgan fingerprint density at radius 1 is 1.37 bits per heavy atom. The lowest BCUT2D eigenvalue weighted by Gasteiger charge is -2.08. The zero-order chi connectivity index (χ0) is 13.7. The van der Waals surface area contributed by atoms with Crippen LogP contribution in [0.5, 0.6) is 0 Å². The zero-order valence-corrected chi connectivity index (χ0v) is 10.0. The molecule has 2 rings (SSSR count). The van der Waals surface area contributed by atoms with Crippen LogP contribution >= 0.6 is 0 Å². The molecule has 0 spiro atoms. The molecule has 100 valence electrons. The lowest BCUT2D eigenvalue weighted by atomic mass is 10.1. The van der Waals surface area contributed by atoms with Gasteiger partial charge in [-0.3, -0.25) is 0 Å². The number of nitrogens with one attached hydrogen (secondary N) is 2. The molecule has 2 amide bonds. The summed E-state index contributed by atoms with van der Waals surface area (Å²) in [6, 6.07) is 7.17. The molecule has 6 heteroatoms. The quantitative estimate of drug-likeness (QED) is 0.792. The number of carbonyl (C=O) groups excluding carboxylic acids is 1. The van der Waals surface area contributed by atoms with E-state index in [1.54, 1.807) is 18.2 Å². The summed E-state index contributed by atoms with van der Waals surface area (Å²) in [5.41, 5.74) is 0.702. The van der Waals surface area contributed by atoms with Gasteiger partial charge in [0.15, 0.2) is 0 Å². The molecule has 0 bridgehead atoms. The van der Waals surface area contributed by atoms with Crippen molar-refractivity contribution in [3.63, 3.8) is 0 Å². The van der Waals surface area contributed by atoms with E-state index in [9.17, 15) is 9.18 Å². The zero-order valence-electron chi connectivity index (χ0n) is 10.0. The summed E-state index contributed by atoms with van der Waals surface area (Å²) in [7, 11) is 0. The molecule has 5 nitrogen and oxygen atoms in total. The molecule has 1 aromatic heterocycles. The first-order valence-electron chi connectivity index (χ1n) is 5.70. The maximum absolute atomic E-state index is 13.6. The fourth-order valence-electron chi connectivity index (χ4n) is 1.55. The highest BCUT2D eigenvalue weighted by Gasteiger charge is 2.09. The van der Waals surface area contributed by atoms with Gasteiger partial charge in [0.1, 0.15) is 11.6 Å². The Bertz CT molecular complexity index is 555. The number of carbonyl (C=O) groups is 1. The molecule has 2 aromatic rings. The van der Waals surface area contributed by atoms with Crippen molar-refractivity contribution in [1.29, 1.82) is 0 Å². The monoisotopic (exact) mass is 264 g/mol. The van der Waals surface area contributed by atoms with Crippen molar-refractivity contribution in [2.75, 3.05) is 18.5 Å². The SMILES string of the molecule is O=C(NCCO)Nc1cc(-c2ccco2)ccc1F. The smallest absolute Gasteiger partial charge is 0.319 e. The van der Waals surface area contributed by atoms with Crippen molar-refractivity contribution >= 4 is 11.7 Å². The molecule has 1 aromatic carbocycles. The maximum Gasteiger partial charge on any atom is 0.319 e. The van der Waals surface area contributed by atoms with Gasteiger partial charge in [0, 0.05) is 12.1 Å². The van der Waals surface area contributed by atoms with E-state index in [1.807, 2.05) is 0 Å². The van der Waals surface area contributed by atoms with Crippen molar-refractivity contribution in [3.8, 4) is 11.3 Å². The van der Waals surface area contributed by atoms with Crippen LogP contribution in [0.4, 0.5) is 14.9 Å². The number of anilines is 1. The number of halogens is 1. The number of amides is 2. The highest BCUT2D eigenvalue weighted by molar-refractivity contribution is 5.90. The van der Waals surface area contributed by atoms with Gasteiger partial charge in [-0.2, -0.15) is 0 Å². The molecule has 3 N–H and O–H groups in total. The standard InChI is InChI=1S/C13H13FN2O3/c14-10-4-3-9(12-2-1-7-19-12)8-11(10)16-13(18)15-5-6-17/h1-4,7-8,17H,5-6H2,(H2,15,16,18). The highest BCUT2D eigenvalue weighted by atomic mass is 19.1. The average molecular weight is 264 g/mol. The van der Waals surface area contributed by atoms with E-state index in [1.165, 1.54) is 18.4 Å². The van der Waals surface area contributed by atoms with E-state index in [2.05, 4.69) is 10.6 Å². The van der Waals surface area contributed by atoms with Gasteiger partial charge in [-0.1, -0.05) is 0 Å². The van der Waals surface area contributed by atoms with Crippen LogP contribution in [-0.4, -0.2) is 24.3 Å². The fourth-order valence-corrected chi connectivity index (χ4v) is 1.55. The number of hydrogen-bond acceptors (Lipinski definition) is 3. The number of rotatable bonds is 4. The highest BCUT2D eigenvalue weighted by Crippen LogP contribution is 2.25. The first kappa shape index (κ1) is 13.1. The van der Waals surface area contributed by atoms with Crippen LogP contribution in [0.2, 0.25) is 0 Å². The minimum atomic E-state index is -0.579. The molecular formula is C13H13FN2O3. The van der Waals surface area contributed by atoms with Crippen LogP contribution in [0.15, 0.2) is 41.0 Å². The van der Waals surface area contributed by atoms with Crippen molar-refractivity contribution in [2.45, 2.75) is 0 Å². The van der Waals surface area contributed by atoms with Crippen LogP contribution in [0, 0.1) is 5.82 Å². The van der Waals surface area contributed by atoms with Gasteiger partial charge in [0.2, 0.25) is 0 Å². The second kappa shape index (κ2) is 6.01. The van der Waals surface area contributed by atoms with E-state index in [0.717, 1.165) is 0 Å². The van der Waals surface area contributed by atoms with Crippen molar-refractivity contribution in [2.24, 2.45) is 0 Å². The molecule has 1 heterocycles. The predicted molar refractivity (Wildman–Crippen MR) is 68.2 cm³/mol. The maximum atomic E-state index is 13.6.